The van der Waals surface area contributed by atoms with Crippen LogP contribution in [0.5, 0.6) is 0 Å². The summed E-state index contributed by atoms with van der Waals surface area (Å²) in [5, 5.41) is 0. The molecule has 1 aromatic carbocycles. The van der Waals surface area contributed by atoms with Crippen LogP contribution in [-0.4, -0.2) is 24.8 Å². The van der Waals surface area contributed by atoms with Gasteiger partial charge in [-0.2, -0.15) is 4.31 Å². The highest BCUT2D eigenvalue weighted by molar-refractivity contribution is 7.89. The van der Waals surface area contributed by atoms with Crippen LogP contribution in [0.1, 0.15) is 11.1 Å². The van der Waals surface area contributed by atoms with E-state index in [2.05, 4.69) is 4.98 Å². The lowest BCUT2D eigenvalue weighted by Crippen LogP contribution is -2.27. The van der Waals surface area contributed by atoms with Gasteiger partial charge >= 0.3 is 0 Å². The second-order valence-corrected chi connectivity index (χ2v) is 6.45. The zero-order chi connectivity index (χ0) is 14.6. The number of hydrogen-bond acceptors (Lipinski definition) is 4. The van der Waals surface area contributed by atoms with Crippen LogP contribution in [0.4, 0.5) is 0 Å². The van der Waals surface area contributed by atoms with Crippen molar-refractivity contribution in [2.45, 2.75) is 18.0 Å². The molecule has 5 nitrogen and oxygen atoms in total. The fourth-order valence-electron chi connectivity index (χ4n) is 1.93. The number of hydrogen-bond donors (Lipinski definition) is 1. The van der Waals surface area contributed by atoms with E-state index < -0.39 is 10.0 Å². The van der Waals surface area contributed by atoms with Gasteiger partial charge in [0.1, 0.15) is 0 Å². The van der Waals surface area contributed by atoms with Gasteiger partial charge in [-0.25, -0.2) is 8.42 Å². The molecule has 0 saturated carbocycles. The van der Waals surface area contributed by atoms with Crippen LogP contribution in [0.15, 0.2) is 53.7 Å². The molecule has 0 atom stereocenters. The highest BCUT2D eigenvalue weighted by Gasteiger charge is 2.23. The van der Waals surface area contributed by atoms with Gasteiger partial charge in [0.2, 0.25) is 10.0 Å². The van der Waals surface area contributed by atoms with Gasteiger partial charge in [0.15, 0.2) is 0 Å². The fraction of sp³-hybridized carbons (Fsp3) is 0.214. The van der Waals surface area contributed by atoms with Crippen LogP contribution in [0.25, 0.3) is 0 Å². The Bertz CT molecular complexity index is 672. The number of sulfonamides is 1. The molecule has 0 bridgehead atoms. The summed E-state index contributed by atoms with van der Waals surface area (Å²) >= 11 is 0. The minimum absolute atomic E-state index is 0.191. The Labute approximate surface area is 119 Å². The molecule has 0 aliphatic rings. The minimum Gasteiger partial charge on any atom is -0.326 e. The van der Waals surface area contributed by atoms with Gasteiger partial charge in [0.05, 0.1) is 4.90 Å². The Morgan fingerprint density at radius 1 is 1.20 bits per heavy atom. The molecule has 0 aliphatic carbocycles. The van der Waals surface area contributed by atoms with Crippen LogP contribution >= 0.6 is 0 Å². The zero-order valence-corrected chi connectivity index (χ0v) is 12.0. The van der Waals surface area contributed by atoms with Crippen molar-refractivity contribution in [1.82, 2.24) is 9.29 Å². The first-order valence-electron chi connectivity index (χ1n) is 6.19. The monoisotopic (exact) mass is 291 g/mol. The number of aromatic nitrogens is 1. The normalized spacial score (nSPS) is 11.8. The Hall–Kier alpha value is -1.76. The van der Waals surface area contributed by atoms with E-state index >= 15 is 0 Å². The third-order valence-corrected chi connectivity index (χ3v) is 4.91. The van der Waals surface area contributed by atoms with Crippen LogP contribution in [0.2, 0.25) is 0 Å². The molecule has 0 amide bonds. The van der Waals surface area contributed by atoms with Crippen molar-refractivity contribution in [1.29, 1.82) is 0 Å². The van der Waals surface area contributed by atoms with Gasteiger partial charge in [-0.1, -0.05) is 24.3 Å². The van der Waals surface area contributed by atoms with Gasteiger partial charge in [0, 0.05) is 32.5 Å². The van der Waals surface area contributed by atoms with Gasteiger partial charge in [-0.05, 0) is 23.3 Å². The maximum Gasteiger partial charge on any atom is 0.243 e. The summed E-state index contributed by atoms with van der Waals surface area (Å²) in [5.74, 6) is 0. The summed E-state index contributed by atoms with van der Waals surface area (Å²) in [5.41, 5.74) is 7.06. The highest BCUT2D eigenvalue weighted by Crippen LogP contribution is 2.20. The Balaban J connectivity index is 2.30. The number of pyridine rings is 1. The van der Waals surface area contributed by atoms with Gasteiger partial charge < -0.3 is 5.73 Å². The molecule has 106 valence electrons. The van der Waals surface area contributed by atoms with Gasteiger partial charge in [0.25, 0.3) is 0 Å². The maximum absolute atomic E-state index is 12.6. The molecule has 1 heterocycles. The first-order valence-corrected chi connectivity index (χ1v) is 7.63. The van der Waals surface area contributed by atoms with Crippen molar-refractivity contribution in [2.24, 2.45) is 5.73 Å². The van der Waals surface area contributed by atoms with E-state index in [0.29, 0.717) is 5.56 Å². The third-order valence-electron chi connectivity index (χ3n) is 3.01. The average Bonchev–Trinajstić information content (AvgIpc) is 2.48. The lowest BCUT2D eigenvalue weighted by molar-refractivity contribution is 0.465. The molecule has 0 unspecified atom stereocenters. The third kappa shape index (κ3) is 3.04. The molecule has 0 aliphatic heterocycles. The number of nitrogens with zero attached hydrogens (tertiary/aromatic N) is 2. The maximum atomic E-state index is 12.6. The molecule has 6 heteroatoms. The average molecular weight is 291 g/mol. The lowest BCUT2D eigenvalue weighted by atomic mass is 10.2. The number of nitrogens with two attached hydrogens (primary N) is 1. The zero-order valence-electron chi connectivity index (χ0n) is 11.2. The van der Waals surface area contributed by atoms with Crippen molar-refractivity contribution in [3.63, 3.8) is 0 Å². The number of benzene rings is 1. The van der Waals surface area contributed by atoms with E-state index in [1.807, 2.05) is 6.07 Å². The Kier molecular flexibility index (Phi) is 4.49. The molecule has 20 heavy (non-hydrogen) atoms. The summed E-state index contributed by atoms with van der Waals surface area (Å²) in [4.78, 5) is 4.24. The molecule has 0 radical (unpaired) electrons. The van der Waals surface area contributed by atoms with E-state index in [1.165, 1.54) is 4.31 Å². The topological polar surface area (TPSA) is 76.3 Å². The fourth-order valence-corrected chi connectivity index (χ4v) is 3.31. The van der Waals surface area contributed by atoms with E-state index in [1.54, 1.807) is 49.8 Å². The summed E-state index contributed by atoms with van der Waals surface area (Å²) < 4.78 is 26.4. The summed E-state index contributed by atoms with van der Waals surface area (Å²) in [6.45, 7) is 0.464. The van der Waals surface area contributed by atoms with Crippen molar-refractivity contribution >= 4 is 10.0 Å². The van der Waals surface area contributed by atoms with Gasteiger partial charge in [-0.15, -0.1) is 0 Å². The van der Waals surface area contributed by atoms with Crippen molar-refractivity contribution < 1.29 is 8.42 Å². The van der Waals surface area contributed by atoms with E-state index in [0.717, 1.165) is 5.56 Å². The highest BCUT2D eigenvalue weighted by atomic mass is 32.2. The predicted octanol–water partition coefficient (Wildman–Crippen LogP) is 1.36. The first-order chi connectivity index (χ1) is 9.55. The smallest absolute Gasteiger partial charge is 0.243 e. The molecule has 2 aromatic rings. The van der Waals surface area contributed by atoms with Crippen molar-refractivity contribution in [2.75, 3.05) is 7.05 Å². The van der Waals surface area contributed by atoms with Crippen molar-refractivity contribution in [3.05, 3.63) is 59.9 Å². The molecular weight excluding hydrogens is 274 g/mol. The van der Waals surface area contributed by atoms with E-state index in [-0.39, 0.29) is 18.0 Å². The summed E-state index contributed by atoms with van der Waals surface area (Å²) in [7, 11) is -2.00. The van der Waals surface area contributed by atoms with E-state index in [9.17, 15) is 8.42 Å². The summed E-state index contributed by atoms with van der Waals surface area (Å²) in [6, 6.07) is 10.4. The van der Waals surface area contributed by atoms with Crippen LogP contribution in [0.3, 0.4) is 0 Å². The van der Waals surface area contributed by atoms with Gasteiger partial charge in [-0.3, -0.25) is 4.98 Å². The summed E-state index contributed by atoms with van der Waals surface area (Å²) in [6.07, 6.45) is 3.31. The molecule has 2 N–H and O–H groups in total. The second kappa shape index (κ2) is 6.13. The van der Waals surface area contributed by atoms with E-state index in [4.69, 9.17) is 5.73 Å². The minimum atomic E-state index is -3.55. The largest absolute Gasteiger partial charge is 0.326 e. The van der Waals surface area contributed by atoms with Crippen LogP contribution in [-0.2, 0) is 23.1 Å². The quantitative estimate of drug-likeness (QED) is 0.902. The first kappa shape index (κ1) is 14.6. The van der Waals surface area contributed by atoms with Crippen LogP contribution < -0.4 is 5.73 Å². The molecule has 2 rings (SSSR count). The molecule has 0 spiro atoms. The molecular formula is C14H17N3O2S. The molecule has 0 saturated heterocycles. The Morgan fingerprint density at radius 2 is 1.95 bits per heavy atom. The second-order valence-electron chi connectivity index (χ2n) is 4.43. The Morgan fingerprint density at radius 3 is 2.60 bits per heavy atom. The molecule has 1 aromatic heterocycles. The van der Waals surface area contributed by atoms with Crippen molar-refractivity contribution in [3.8, 4) is 0 Å². The SMILES string of the molecule is CN(Cc1cccnc1)S(=O)(=O)c1ccccc1CN. The lowest BCUT2D eigenvalue weighted by Gasteiger charge is -2.18. The number of rotatable bonds is 5. The predicted molar refractivity (Wildman–Crippen MR) is 77.2 cm³/mol. The molecule has 0 fully saturated rings. The standard InChI is InChI=1S/C14H17N3O2S/c1-17(11-12-5-4-8-16-10-12)20(18,19)14-7-3-2-6-13(14)9-15/h2-8,10H,9,11,15H2,1H3. The van der Waals surface area contributed by atoms with Crippen LogP contribution in [0, 0.1) is 0 Å².